The first kappa shape index (κ1) is 18.0. The Morgan fingerprint density at radius 2 is 1.93 bits per heavy atom. The fraction of sp³-hybridized carbons (Fsp3) is 0.286. The van der Waals surface area contributed by atoms with Crippen LogP contribution in [-0.4, -0.2) is 30.4 Å². The molecule has 2 aromatic rings. The second-order valence-corrected chi connectivity index (χ2v) is 7.00. The second-order valence-electron chi connectivity index (χ2n) is 7.00. The summed E-state index contributed by atoms with van der Waals surface area (Å²) >= 11 is 0. The maximum absolute atomic E-state index is 12.3. The molecule has 2 aromatic carbocycles. The van der Waals surface area contributed by atoms with Crippen LogP contribution in [0, 0.1) is 0 Å². The highest BCUT2D eigenvalue weighted by atomic mass is 16.5. The number of fused-ring (bicyclic) bond motifs is 1. The molecule has 0 atom stereocenters. The zero-order chi connectivity index (χ0) is 19.5. The molecular weight excluding hydrogens is 358 g/mol. The minimum absolute atomic E-state index is 0.00457. The standard InChI is InChI=1S/C21H21N3O4/c25-19-10-5-13-11-15(8-9-17(13)23-19)28-12-20(26)24-18-4-2-1-3-16(18)21(27)22-14-6-7-14/h1-4,8-9,11,14H,5-7,10,12H2,(H,22,27)(H,23,25)(H,24,26). The van der Waals surface area contributed by atoms with E-state index in [0.29, 0.717) is 29.8 Å². The average Bonchev–Trinajstić information content (AvgIpc) is 3.50. The third-order valence-corrected chi connectivity index (χ3v) is 4.70. The molecule has 7 nitrogen and oxygen atoms in total. The van der Waals surface area contributed by atoms with E-state index in [-0.39, 0.29) is 30.4 Å². The van der Waals surface area contributed by atoms with Crippen molar-refractivity contribution in [3.05, 3.63) is 53.6 Å². The van der Waals surface area contributed by atoms with E-state index in [1.807, 2.05) is 6.07 Å². The summed E-state index contributed by atoms with van der Waals surface area (Å²) in [4.78, 5) is 36.0. The number of aryl methyl sites for hydroxylation is 1. The lowest BCUT2D eigenvalue weighted by Crippen LogP contribution is -2.28. The number of hydrogen-bond acceptors (Lipinski definition) is 4. The summed E-state index contributed by atoms with van der Waals surface area (Å²) in [6.07, 6.45) is 3.09. The van der Waals surface area contributed by atoms with Crippen LogP contribution < -0.4 is 20.7 Å². The molecule has 1 fully saturated rings. The Labute approximate surface area is 162 Å². The number of carbonyl (C=O) groups excluding carboxylic acids is 3. The van der Waals surface area contributed by atoms with Gasteiger partial charge in [0.2, 0.25) is 5.91 Å². The Kier molecular flexibility index (Phi) is 4.97. The van der Waals surface area contributed by atoms with E-state index in [1.54, 1.807) is 36.4 Å². The van der Waals surface area contributed by atoms with E-state index < -0.39 is 0 Å². The van der Waals surface area contributed by atoms with Crippen LogP contribution in [0.25, 0.3) is 0 Å². The van der Waals surface area contributed by atoms with Crippen molar-refractivity contribution >= 4 is 29.1 Å². The molecule has 0 unspecified atom stereocenters. The predicted molar refractivity (Wildman–Crippen MR) is 104 cm³/mol. The first-order chi connectivity index (χ1) is 13.6. The molecule has 2 aliphatic rings. The van der Waals surface area contributed by atoms with E-state index >= 15 is 0 Å². The van der Waals surface area contributed by atoms with Crippen LogP contribution in [-0.2, 0) is 16.0 Å². The molecule has 144 valence electrons. The van der Waals surface area contributed by atoms with Crippen molar-refractivity contribution in [1.29, 1.82) is 0 Å². The number of benzene rings is 2. The van der Waals surface area contributed by atoms with Gasteiger partial charge in [-0.1, -0.05) is 12.1 Å². The molecule has 0 spiro atoms. The smallest absolute Gasteiger partial charge is 0.262 e. The topological polar surface area (TPSA) is 96.5 Å². The number of carbonyl (C=O) groups is 3. The van der Waals surface area contributed by atoms with Gasteiger partial charge in [0.25, 0.3) is 11.8 Å². The van der Waals surface area contributed by atoms with Gasteiger partial charge in [-0.2, -0.15) is 0 Å². The fourth-order valence-electron chi connectivity index (χ4n) is 3.07. The lowest BCUT2D eigenvalue weighted by molar-refractivity contribution is -0.118. The Balaban J connectivity index is 1.36. The van der Waals surface area contributed by atoms with Gasteiger partial charge in [0.05, 0.1) is 11.3 Å². The maximum atomic E-state index is 12.3. The SMILES string of the molecule is O=C1CCc2cc(OCC(=O)Nc3ccccc3C(=O)NC3CC3)ccc2N1. The molecular formula is C21H21N3O4. The highest BCUT2D eigenvalue weighted by Gasteiger charge is 2.25. The van der Waals surface area contributed by atoms with Crippen molar-refractivity contribution in [3.8, 4) is 5.75 Å². The molecule has 3 amide bonds. The second kappa shape index (κ2) is 7.72. The molecule has 0 saturated heterocycles. The van der Waals surface area contributed by atoms with E-state index in [1.165, 1.54) is 0 Å². The molecule has 1 aliphatic heterocycles. The van der Waals surface area contributed by atoms with Crippen LogP contribution in [0.2, 0.25) is 0 Å². The van der Waals surface area contributed by atoms with Crippen molar-refractivity contribution < 1.29 is 19.1 Å². The Morgan fingerprint density at radius 1 is 1.11 bits per heavy atom. The number of anilines is 2. The van der Waals surface area contributed by atoms with Gasteiger partial charge in [0.1, 0.15) is 5.75 Å². The largest absolute Gasteiger partial charge is 0.484 e. The Hall–Kier alpha value is -3.35. The third-order valence-electron chi connectivity index (χ3n) is 4.70. The van der Waals surface area contributed by atoms with E-state index in [9.17, 15) is 14.4 Å². The first-order valence-electron chi connectivity index (χ1n) is 9.34. The molecule has 0 aromatic heterocycles. The Morgan fingerprint density at radius 3 is 2.75 bits per heavy atom. The van der Waals surface area contributed by atoms with Crippen molar-refractivity contribution in [1.82, 2.24) is 5.32 Å². The summed E-state index contributed by atoms with van der Waals surface area (Å²) in [5.74, 6) is 0.0310. The van der Waals surface area contributed by atoms with Crippen LogP contribution in [0.3, 0.4) is 0 Å². The average molecular weight is 379 g/mol. The normalized spacial score (nSPS) is 15.2. The first-order valence-corrected chi connectivity index (χ1v) is 9.34. The summed E-state index contributed by atoms with van der Waals surface area (Å²) in [5.41, 5.74) is 2.66. The summed E-state index contributed by atoms with van der Waals surface area (Å²) in [6.45, 7) is -0.177. The highest BCUT2D eigenvalue weighted by Crippen LogP contribution is 2.27. The molecule has 1 heterocycles. The monoisotopic (exact) mass is 379 g/mol. The summed E-state index contributed by atoms with van der Waals surface area (Å²) in [7, 11) is 0. The predicted octanol–water partition coefficient (Wildman–Crippen LogP) is 2.48. The van der Waals surface area contributed by atoms with Gasteiger partial charge in [-0.3, -0.25) is 14.4 Å². The van der Waals surface area contributed by atoms with Gasteiger partial charge in [-0.25, -0.2) is 0 Å². The Bertz CT molecular complexity index is 937. The van der Waals surface area contributed by atoms with Crippen LogP contribution in [0.5, 0.6) is 5.75 Å². The van der Waals surface area contributed by atoms with Gasteiger partial charge >= 0.3 is 0 Å². The van der Waals surface area contributed by atoms with Crippen molar-refractivity contribution in [2.24, 2.45) is 0 Å². The van der Waals surface area contributed by atoms with Gasteiger partial charge in [0.15, 0.2) is 6.61 Å². The van der Waals surface area contributed by atoms with Crippen LogP contribution in [0.4, 0.5) is 11.4 Å². The lowest BCUT2D eigenvalue weighted by Gasteiger charge is -2.17. The van der Waals surface area contributed by atoms with E-state index in [2.05, 4.69) is 16.0 Å². The number of rotatable bonds is 6. The molecule has 28 heavy (non-hydrogen) atoms. The minimum Gasteiger partial charge on any atom is -0.484 e. The van der Waals surface area contributed by atoms with Crippen LogP contribution in [0.15, 0.2) is 42.5 Å². The van der Waals surface area contributed by atoms with Crippen molar-refractivity contribution in [3.63, 3.8) is 0 Å². The molecule has 1 saturated carbocycles. The van der Waals surface area contributed by atoms with Gasteiger partial charge in [-0.15, -0.1) is 0 Å². The minimum atomic E-state index is -0.349. The van der Waals surface area contributed by atoms with Crippen molar-refractivity contribution in [2.75, 3.05) is 17.2 Å². The fourth-order valence-corrected chi connectivity index (χ4v) is 3.07. The molecule has 3 N–H and O–H groups in total. The van der Waals surface area contributed by atoms with Gasteiger partial charge in [-0.05, 0) is 55.2 Å². The van der Waals surface area contributed by atoms with E-state index in [0.717, 1.165) is 24.1 Å². The number of hydrogen-bond donors (Lipinski definition) is 3. The van der Waals surface area contributed by atoms with Gasteiger partial charge in [0, 0.05) is 18.2 Å². The summed E-state index contributed by atoms with van der Waals surface area (Å²) < 4.78 is 5.58. The number of nitrogens with one attached hydrogen (secondary N) is 3. The molecule has 4 rings (SSSR count). The zero-order valence-corrected chi connectivity index (χ0v) is 15.3. The highest BCUT2D eigenvalue weighted by molar-refractivity contribution is 6.04. The summed E-state index contributed by atoms with van der Waals surface area (Å²) in [5, 5.41) is 8.47. The lowest BCUT2D eigenvalue weighted by atomic mass is 10.0. The number of para-hydroxylation sites is 1. The molecule has 1 aliphatic carbocycles. The van der Waals surface area contributed by atoms with Crippen LogP contribution in [0.1, 0.15) is 35.2 Å². The maximum Gasteiger partial charge on any atom is 0.262 e. The van der Waals surface area contributed by atoms with Gasteiger partial charge < -0.3 is 20.7 Å². The number of ether oxygens (including phenoxy) is 1. The zero-order valence-electron chi connectivity index (χ0n) is 15.3. The third kappa shape index (κ3) is 4.31. The van der Waals surface area contributed by atoms with E-state index in [4.69, 9.17) is 4.74 Å². The summed E-state index contributed by atoms with van der Waals surface area (Å²) in [6, 6.07) is 12.5. The quantitative estimate of drug-likeness (QED) is 0.718. The molecule has 7 heteroatoms. The molecule has 0 radical (unpaired) electrons. The van der Waals surface area contributed by atoms with Crippen LogP contribution >= 0.6 is 0 Å². The van der Waals surface area contributed by atoms with Crippen molar-refractivity contribution in [2.45, 2.75) is 31.7 Å². The number of amides is 3. The molecule has 0 bridgehead atoms.